The third-order valence-corrected chi connectivity index (χ3v) is 12.3. The summed E-state index contributed by atoms with van der Waals surface area (Å²) in [6.45, 7) is 0. The summed E-state index contributed by atoms with van der Waals surface area (Å²) in [5.74, 6) is 1.95. The van der Waals surface area contributed by atoms with E-state index >= 15 is 0 Å². The van der Waals surface area contributed by atoms with Gasteiger partial charge in [0.2, 0.25) is 0 Å². The van der Waals surface area contributed by atoms with Crippen molar-refractivity contribution in [2.24, 2.45) is 0 Å². The summed E-state index contributed by atoms with van der Waals surface area (Å²) in [5.41, 5.74) is 8.81. The molecule has 11 aromatic rings. The average molecular weight is 731 g/mol. The van der Waals surface area contributed by atoms with E-state index in [1.807, 2.05) is 18.2 Å². The Hall–Kier alpha value is -7.21. The zero-order valence-electron chi connectivity index (χ0n) is 30.0. The van der Waals surface area contributed by atoms with Crippen molar-refractivity contribution in [3.8, 4) is 45.3 Å². The predicted octanol–water partition coefficient (Wildman–Crippen LogP) is 14.2. The van der Waals surface area contributed by atoms with E-state index in [1.165, 1.54) is 64.2 Å². The second-order valence-corrected chi connectivity index (χ2v) is 15.5. The van der Waals surface area contributed by atoms with Gasteiger partial charge < -0.3 is 4.90 Å². The van der Waals surface area contributed by atoms with Crippen molar-refractivity contribution in [2.45, 2.75) is 0 Å². The van der Waals surface area contributed by atoms with Gasteiger partial charge in [0.25, 0.3) is 0 Å². The molecule has 0 bridgehead atoms. The highest BCUT2D eigenvalue weighted by Gasteiger charge is 2.28. The first-order chi connectivity index (χ1) is 27.7. The minimum atomic E-state index is 0.644. The molecule has 5 heteroatoms. The molecule has 1 aliphatic heterocycles. The van der Waals surface area contributed by atoms with Crippen LogP contribution >= 0.6 is 11.3 Å². The molecule has 56 heavy (non-hydrogen) atoms. The van der Waals surface area contributed by atoms with E-state index in [0.717, 1.165) is 33.2 Å². The van der Waals surface area contributed by atoms with Gasteiger partial charge in [0.05, 0.1) is 17.1 Å². The molecule has 4 nitrogen and oxygen atoms in total. The Morgan fingerprint density at radius 2 is 1.00 bits per heavy atom. The van der Waals surface area contributed by atoms with Crippen LogP contribution in [0.4, 0.5) is 17.1 Å². The average Bonchev–Trinajstić information content (AvgIpc) is 3.64. The Balaban J connectivity index is 1.08. The van der Waals surface area contributed by atoms with Gasteiger partial charge in [0.15, 0.2) is 17.5 Å². The molecule has 0 fully saturated rings. The maximum atomic E-state index is 5.25. The van der Waals surface area contributed by atoms with Crippen molar-refractivity contribution < 1.29 is 0 Å². The molecule has 0 radical (unpaired) electrons. The highest BCUT2D eigenvalue weighted by atomic mass is 32.1. The van der Waals surface area contributed by atoms with E-state index in [0.29, 0.717) is 17.5 Å². The van der Waals surface area contributed by atoms with Crippen LogP contribution in [0.1, 0.15) is 0 Å². The molecule has 260 valence electrons. The summed E-state index contributed by atoms with van der Waals surface area (Å²) < 4.78 is 2.49. The molecule has 1 aliphatic rings. The Kier molecular flexibility index (Phi) is 6.76. The molecular weight excluding hydrogens is 701 g/mol. The van der Waals surface area contributed by atoms with Crippen LogP contribution in [0.3, 0.4) is 0 Å². The second kappa shape index (κ2) is 12.2. The predicted molar refractivity (Wildman–Crippen MR) is 235 cm³/mol. The molecule has 9 aromatic carbocycles. The standard InChI is InChI=1S/C51H30N4S/c1-2-12-32(13-3-1)49-52-50(35-24-25-39-38-20-8-9-23-46(38)56-47(39)30-35)54-51(53-49)41-26-27-43(37-19-7-6-18-36(37)41)55-44-22-11-17-31-16-10-21-40(48(31)44)42-28-33-14-4-5-15-34(33)29-45(42)55/h1-30H. The van der Waals surface area contributed by atoms with Crippen LogP contribution in [-0.4, -0.2) is 15.0 Å². The van der Waals surface area contributed by atoms with Crippen LogP contribution in [0, 0.1) is 0 Å². The normalized spacial score (nSPS) is 12.2. The lowest BCUT2D eigenvalue weighted by molar-refractivity contribution is 1.08. The molecule has 0 atom stereocenters. The lowest BCUT2D eigenvalue weighted by Gasteiger charge is -2.34. The molecule has 0 N–H and O–H groups in total. The number of benzene rings is 9. The number of aromatic nitrogens is 3. The maximum absolute atomic E-state index is 5.25. The molecule has 0 saturated carbocycles. The molecule has 3 heterocycles. The fourth-order valence-corrected chi connectivity index (χ4v) is 9.78. The lowest BCUT2D eigenvalue weighted by Crippen LogP contribution is -2.15. The summed E-state index contributed by atoms with van der Waals surface area (Å²) in [5, 5.41) is 9.65. The van der Waals surface area contributed by atoms with Gasteiger partial charge in [0, 0.05) is 53.2 Å². The van der Waals surface area contributed by atoms with Gasteiger partial charge in [0.1, 0.15) is 0 Å². The van der Waals surface area contributed by atoms with Crippen LogP contribution in [0.2, 0.25) is 0 Å². The number of thiophene rings is 1. The van der Waals surface area contributed by atoms with Crippen LogP contribution in [-0.2, 0) is 0 Å². The largest absolute Gasteiger partial charge is 0.309 e. The van der Waals surface area contributed by atoms with E-state index in [9.17, 15) is 0 Å². The number of anilines is 3. The first-order valence-electron chi connectivity index (χ1n) is 18.9. The van der Waals surface area contributed by atoms with E-state index in [1.54, 1.807) is 11.3 Å². The molecule has 0 spiro atoms. The van der Waals surface area contributed by atoms with Gasteiger partial charge in [-0.25, -0.2) is 15.0 Å². The van der Waals surface area contributed by atoms with Crippen molar-refractivity contribution in [3.05, 3.63) is 182 Å². The molecule has 2 aromatic heterocycles. The second-order valence-electron chi connectivity index (χ2n) is 14.4. The Labute approximate surface area is 326 Å². The van der Waals surface area contributed by atoms with Crippen molar-refractivity contribution in [1.29, 1.82) is 0 Å². The summed E-state index contributed by atoms with van der Waals surface area (Å²) in [6.07, 6.45) is 0. The van der Waals surface area contributed by atoms with Crippen molar-refractivity contribution in [2.75, 3.05) is 4.90 Å². The van der Waals surface area contributed by atoms with Gasteiger partial charge in [-0.2, -0.15) is 0 Å². The molecular formula is C51H30N4S. The minimum absolute atomic E-state index is 0.644. The molecule has 0 aliphatic carbocycles. The zero-order chi connectivity index (χ0) is 36.7. The number of nitrogens with zero attached hydrogens (tertiary/aromatic N) is 4. The SMILES string of the molecule is c1ccc(-c2nc(-c3ccc4c(c3)sc3ccccc34)nc(-c3ccc(N4c5cc6ccccc6cc5-c5cccc6cccc4c56)c4ccccc34)n2)cc1. The van der Waals surface area contributed by atoms with Gasteiger partial charge in [-0.3, -0.25) is 0 Å². The summed E-state index contributed by atoms with van der Waals surface area (Å²) in [4.78, 5) is 18.0. The fourth-order valence-electron chi connectivity index (χ4n) is 8.63. The number of rotatable bonds is 4. The lowest BCUT2D eigenvalue weighted by atomic mass is 9.88. The monoisotopic (exact) mass is 730 g/mol. The van der Waals surface area contributed by atoms with Crippen molar-refractivity contribution in [1.82, 2.24) is 15.0 Å². The molecule has 0 saturated heterocycles. The fraction of sp³-hybridized carbons (Fsp3) is 0. The smallest absolute Gasteiger partial charge is 0.164 e. The number of hydrogen-bond donors (Lipinski definition) is 0. The van der Waals surface area contributed by atoms with Crippen LogP contribution in [0.15, 0.2) is 182 Å². The van der Waals surface area contributed by atoms with Crippen LogP contribution < -0.4 is 4.90 Å². The Morgan fingerprint density at radius 3 is 1.86 bits per heavy atom. The minimum Gasteiger partial charge on any atom is -0.309 e. The highest BCUT2D eigenvalue weighted by Crippen LogP contribution is 2.53. The number of fused-ring (bicyclic) bond motifs is 7. The van der Waals surface area contributed by atoms with Gasteiger partial charge in [-0.1, -0.05) is 140 Å². The summed E-state index contributed by atoms with van der Waals surface area (Å²) >= 11 is 1.80. The summed E-state index contributed by atoms with van der Waals surface area (Å²) in [6, 6.07) is 65.1. The maximum Gasteiger partial charge on any atom is 0.164 e. The third kappa shape index (κ3) is 4.75. The van der Waals surface area contributed by atoms with Crippen molar-refractivity contribution >= 4 is 80.9 Å². The Bertz CT molecular complexity index is 3380. The van der Waals surface area contributed by atoms with Gasteiger partial charge >= 0.3 is 0 Å². The Morgan fingerprint density at radius 1 is 0.339 bits per heavy atom. The van der Waals surface area contributed by atoms with E-state index in [4.69, 9.17) is 15.0 Å². The molecule has 0 amide bonds. The first-order valence-corrected chi connectivity index (χ1v) is 19.7. The summed E-state index contributed by atoms with van der Waals surface area (Å²) in [7, 11) is 0. The van der Waals surface area contributed by atoms with Gasteiger partial charge in [-0.15, -0.1) is 11.3 Å². The zero-order valence-corrected chi connectivity index (χ0v) is 30.8. The highest BCUT2D eigenvalue weighted by molar-refractivity contribution is 7.25. The van der Waals surface area contributed by atoms with Crippen LogP contribution in [0.5, 0.6) is 0 Å². The van der Waals surface area contributed by atoms with Crippen LogP contribution in [0.25, 0.3) is 97.8 Å². The van der Waals surface area contributed by atoms with Crippen molar-refractivity contribution in [3.63, 3.8) is 0 Å². The van der Waals surface area contributed by atoms with E-state index in [2.05, 4.69) is 169 Å². The number of hydrogen-bond acceptors (Lipinski definition) is 5. The first kappa shape index (κ1) is 31.2. The third-order valence-electron chi connectivity index (χ3n) is 11.2. The quantitative estimate of drug-likeness (QED) is 0.181. The van der Waals surface area contributed by atoms with E-state index < -0.39 is 0 Å². The van der Waals surface area contributed by atoms with Gasteiger partial charge in [-0.05, 0) is 69.6 Å². The molecule has 0 unspecified atom stereocenters. The molecule has 12 rings (SSSR count). The topological polar surface area (TPSA) is 41.9 Å². The van der Waals surface area contributed by atoms with E-state index in [-0.39, 0.29) is 0 Å².